The molecule has 12 heavy (non-hydrogen) atoms. The van der Waals surface area contributed by atoms with E-state index in [0.29, 0.717) is 0 Å². The minimum Gasteiger partial charge on any atom is -0.310 e. The van der Waals surface area contributed by atoms with Gasteiger partial charge in [0.05, 0.1) is 0 Å². The van der Waals surface area contributed by atoms with Crippen LogP contribution in [-0.4, -0.2) is 21.6 Å². The van der Waals surface area contributed by atoms with Gasteiger partial charge < -0.3 is 4.57 Å². The average Bonchev–Trinajstić information content (AvgIpc) is 1.83. The van der Waals surface area contributed by atoms with Crippen LogP contribution in [0.15, 0.2) is 0 Å². The fourth-order valence-corrected chi connectivity index (χ4v) is 5.06. The van der Waals surface area contributed by atoms with Gasteiger partial charge >= 0.3 is 0 Å². The number of hydrogen-bond donors (Lipinski definition) is 0. The van der Waals surface area contributed by atoms with Crippen molar-refractivity contribution < 1.29 is 0 Å². The third kappa shape index (κ3) is 7.08. The Hall–Kier alpha value is 1.64. The first-order valence-electron chi connectivity index (χ1n) is 4.45. The monoisotopic (exact) mass is 411 g/mol. The van der Waals surface area contributed by atoms with Crippen LogP contribution in [0.2, 0.25) is 0 Å². The number of hydrogen-bond acceptors (Lipinski definition) is 1. The third-order valence-corrected chi connectivity index (χ3v) is 7.18. The molecule has 0 unspecified atom stereocenters. The van der Waals surface area contributed by atoms with Gasteiger partial charge in [-0.05, 0) is 24.9 Å². The highest BCUT2D eigenvalue weighted by molar-refractivity contribution is 14.3. The molecule has 0 aliphatic carbocycles. The smallest absolute Gasteiger partial charge is 0.248 e. The molecule has 0 radical (unpaired) electrons. The molecule has 1 nitrogen and oxygen atoms in total. The van der Waals surface area contributed by atoms with Gasteiger partial charge in [-0.1, -0.05) is 71.3 Å². The molecule has 0 amide bonds. The van der Waals surface area contributed by atoms with Crippen molar-refractivity contribution in [2.24, 2.45) is 11.8 Å². The molecule has 0 heterocycles. The maximum Gasteiger partial charge on any atom is 0.248 e. The van der Waals surface area contributed by atoms with E-state index >= 15 is 0 Å². The zero-order chi connectivity index (χ0) is 9.72. The summed E-state index contributed by atoms with van der Waals surface area (Å²) >= 11 is 5.25. The van der Waals surface area contributed by atoms with Crippen molar-refractivity contribution in [2.45, 2.75) is 27.7 Å². The van der Waals surface area contributed by atoms with E-state index < -0.39 is 3.95 Å². The van der Waals surface area contributed by atoms with Gasteiger partial charge in [-0.2, -0.15) is 0 Å². The molecule has 0 spiro atoms. The molecule has 0 rings (SSSR count). The Bertz CT molecular complexity index is 108. The van der Waals surface area contributed by atoms with E-state index in [0.717, 1.165) is 11.8 Å². The second kappa shape index (κ2) is 7.00. The Labute approximate surface area is 104 Å². The second-order valence-electron chi connectivity index (χ2n) is 4.02. The van der Waals surface area contributed by atoms with Crippen LogP contribution in [-0.2, 0) is 0 Å². The molecule has 0 aliphatic heterocycles. The van der Waals surface area contributed by atoms with Crippen LogP contribution >= 0.6 is 43.6 Å². The van der Waals surface area contributed by atoms with Gasteiger partial charge in [0.1, 0.15) is 0 Å². The lowest BCUT2D eigenvalue weighted by atomic mass is 10.2. The van der Waals surface area contributed by atoms with Crippen LogP contribution in [0.1, 0.15) is 27.7 Å². The molecule has 0 bridgehead atoms. The standard InChI is InChI=1S/C8H19I2NSi/c1-7(2)5-11(12(9)10)6-8(3)4/h7-8,12H,5-6H2,1-4H3. The van der Waals surface area contributed by atoms with Gasteiger partial charge in [-0.25, -0.2) is 0 Å². The van der Waals surface area contributed by atoms with Gasteiger partial charge in [-0.3, -0.25) is 0 Å². The van der Waals surface area contributed by atoms with Crippen molar-refractivity contribution in [3.8, 4) is 0 Å². The van der Waals surface area contributed by atoms with Gasteiger partial charge in [0.25, 0.3) is 0 Å². The highest BCUT2D eigenvalue weighted by atomic mass is 127. The summed E-state index contributed by atoms with van der Waals surface area (Å²) in [6, 6.07) is 0. The molecule has 0 aromatic carbocycles. The Morgan fingerprint density at radius 2 is 1.33 bits per heavy atom. The quantitative estimate of drug-likeness (QED) is 0.382. The molecule has 0 aliphatic rings. The molecule has 0 saturated heterocycles. The summed E-state index contributed by atoms with van der Waals surface area (Å²) in [5, 5.41) is 0. The molecule has 74 valence electrons. The predicted octanol–water partition coefficient (Wildman–Crippen LogP) is 3.19. The first kappa shape index (κ1) is 13.6. The minimum absolute atomic E-state index is 0.624. The fraction of sp³-hybridized carbons (Fsp3) is 1.00. The van der Waals surface area contributed by atoms with Crippen LogP contribution in [0.5, 0.6) is 0 Å². The maximum absolute atomic E-state index is 2.68. The van der Waals surface area contributed by atoms with Crippen molar-refractivity contribution in [3.05, 3.63) is 0 Å². The Morgan fingerprint density at radius 3 is 1.50 bits per heavy atom. The van der Waals surface area contributed by atoms with Crippen LogP contribution in [0, 0.1) is 11.8 Å². The van der Waals surface area contributed by atoms with Crippen molar-refractivity contribution >= 4 is 47.5 Å². The fourth-order valence-electron chi connectivity index (χ4n) is 1.17. The summed E-state index contributed by atoms with van der Waals surface area (Å²) in [6.45, 7) is 11.8. The highest BCUT2D eigenvalue weighted by Crippen LogP contribution is 2.14. The first-order valence-corrected chi connectivity index (χ1v) is 13.3. The number of nitrogens with zero attached hydrogens (tertiary/aromatic N) is 1. The lowest BCUT2D eigenvalue weighted by molar-refractivity contribution is 0.350. The van der Waals surface area contributed by atoms with Gasteiger partial charge in [-0.15, -0.1) is 0 Å². The Kier molecular flexibility index (Phi) is 7.95. The molecule has 0 aromatic rings. The number of rotatable bonds is 5. The molecule has 0 aromatic heterocycles. The summed E-state index contributed by atoms with van der Waals surface area (Å²) in [7, 11) is 0. The van der Waals surface area contributed by atoms with Crippen molar-refractivity contribution in [1.29, 1.82) is 0 Å². The normalized spacial score (nSPS) is 12.5. The first-order chi connectivity index (χ1) is 5.43. The SMILES string of the molecule is CC(C)CN(CC(C)C)[SiH](I)I. The molecular formula is C8H19I2NSi. The summed E-state index contributed by atoms with van der Waals surface area (Å²) in [4.78, 5) is 0. The summed E-state index contributed by atoms with van der Waals surface area (Å²) < 4.78 is 2.05. The average molecular weight is 411 g/mol. The van der Waals surface area contributed by atoms with Crippen LogP contribution in [0.3, 0.4) is 0 Å². The van der Waals surface area contributed by atoms with E-state index in [2.05, 4.69) is 75.9 Å². The van der Waals surface area contributed by atoms with E-state index in [4.69, 9.17) is 0 Å². The van der Waals surface area contributed by atoms with Gasteiger partial charge in [0.2, 0.25) is 3.95 Å². The predicted molar refractivity (Wildman–Crippen MR) is 76.4 cm³/mol. The summed E-state index contributed by atoms with van der Waals surface area (Å²) in [5.41, 5.74) is 0. The summed E-state index contributed by atoms with van der Waals surface area (Å²) in [6.07, 6.45) is 0. The zero-order valence-corrected chi connectivity index (χ0v) is 13.8. The minimum atomic E-state index is -0.624. The second-order valence-corrected chi connectivity index (χ2v) is 19.5. The van der Waals surface area contributed by atoms with E-state index in [9.17, 15) is 0 Å². The van der Waals surface area contributed by atoms with Crippen LogP contribution < -0.4 is 0 Å². The van der Waals surface area contributed by atoms with Crippen LogP contribution in [0.25, 0.3) is 0 Å². The lowest BCUT2D eigenvalue weighted by Gasteiger charge is -2.26. The molecular weight excluding hydrogens is 392 g/mol. The topological polar surface area (TPSA) is 3.24 Å². The van der Waals surface area contributed by atoms with Crippen molar-refractivity contribution in [1.82, 2.24) is 4.57 Å². The van der Waals surface area contributed by atoms with Crippen molar-refractivity contribution in [3.63, 3.8) is 0 Å². The van der Waals surface area contributed by atoms with E-state index in [-0.39, 0.29) is 0 Å². The van der Waals surface area contributed by atoms with E-state index in [1.54, 1.807) is 0 Å². The maximum atomic E-state index is 2.68. The Morgan fingerprint density at radius 1 is 1.00 bits per heavy atom. The molecule has 0 saturated carbocycles. The molecule has 4 heteroatoms. The van der Waals surface area contributed by atoms with Crippen molar-refractivity contribution in [2.75, 3.05) is 13.1 Å². The van der Waals surface area contributed by atoms with Crippen LogP contribution in [0.4, 0.5) is 0 Å². The molecule has 0 fully saturated rings. The van der Waals surface area contributed by atoms with Gasteiger partial charge in [0, 0.05) is 0 Å². The Balaban J connectivity index is 3.87. The van der Waals surface area contributed by atoms with E-state index in [1.807, 2.05) is 0 Å². The summed E-state index contributed by atoms with van der Waals surface area (Å²) in [5.74, 6) is 1.62. The van der Waals surface area contributed by atoms with Gasteiger partial charge in [0.15, 0.2) is 0 Å². The largest absolute Gasteiger partial charge is 0.310 e. The lowest BCUT2D eigenvalue weighted by Crippen LogP contribution is -2.36. The highest BCUT2D eigenvalue weighted by Gasteiger charge is 2.15. The number of halogens is 2. The molecule has 0 N–H and O–H groups in total. The van der Waals surface area contributed by atoms with E-state index in [1.165, 1.54) is 13.1 Å². The zero-order valence-electron chi connectivity index (χ0n) is 8.35. The molecule has 0 atom stereocenters. The third-order valence-electron chi connectivity index (χ3n) is 1.48.